The van der Waals surface area contributed by atoms with Crippen LogP contribution in [0.1, 0.15) is 12.8 Å². The van der Waals surface area contributed by atoms with E-state index in [0.29, 0.717) is 25.5 Å². The van der Waals surface area contributed by atoms with Crippen LogP contribution in [0.25, 0.3) is 0 Å². The van der Waals surface area contributed by atoms with Gasteiger partial charge in [-0.25, -0.2) is 17.2 Å². The van der Waals surface area contributed by atoms with E-state index in [2.05, 4.69) is 20.7 Å². The van der Waals surface area contributed by atoms with Gasteiger partial charge in [-0.05, 0) is 41.4 Å². The van der Waals surface area contributed by atoms with Crippen LogP contribution in [0, 0.1) is 11.6 Å². The van der Waals surface area contributed by atoms with Gasteiger partial charge in [0.05, 0.1) is 11.4 Å². The van der Waals surface area contributed by atoms with Crippen LogP contribution in [0.15, 0.2) is 16.6 Å². The van der Waals surface area contributed by atoms with Gasteiger partial charge in [0.1, 0.15) is 5.82 Å². The fraction of sp³-hybridized carbons (Fsp3) is 0.400. The number of rotatable bonds is 6. The van der Waals surface area contributed by atoms with Crippen molar-refractivity contribution < 1.29 is 17.2 Å². The molecule has 0 bridgehead atoms. The number of nitrogens with one attached hydrogen (secondary N) is 1. The molecule has 18 heavy (non-hydrogen) atoms. The molecule has 1 rings (SSSR count). The molecule has 0 aliphatic heterocycles. The lowest BCUT2D eigenvalue weighted by Gasteiger charge is -2.10. The minimum atomic E-state index is -3.66. The topological polar surface area (TPSA) is 72.2 Å². The normalized spacial score (nSPS) is 11.6. The Kier molecular flexibility index (Phi) is 5.48. The molecule has 0 unspecified atom stereocenters. The SMILES string of the molecule is NCCCCS(=O)(=O)Nc1c(F)cc(F)cc1Br. The molecule has 0 saturated heterocycles. The Labute approximate surface area is 113 Å². The highest BCUT2D eigenvalue weighted by atomic mass is 79.9. The van der Waals surface area contributed by atoms with Gasteiger partial charge in [-0.2, -0.15) is 0 Å². The maximum Gasteiger partial charge on any atom is 0.232 e. The highest BCUT2D eigenvalue weighted by Gasteiger charge is 2.16. The lowest BCUT2D eigenvalue weighted by Crippen LogP contribution is -2.18. The lowest BCUT2D eigenvalue weighted by atomic mass is 10.3. The minimum absolute atomic E-state index is 0.0161. The van der Waals surface area contributed by atoms with E-state index in [9.17, 15) is 17.2 Å². The van der Waals surface area contributed by atoms with Crippen LogP contribution in [0.2, 0.25) is 0 Å². The van der Waals surface area contributed by atoms with Gasteiger partial charge in [-0.1, -0.05) is 0 Å². The molecule has 0 spiro atoms. The summed E-state index contributed by atoms with van der Waals surface area (Å²) in [6.45, 7) is 0.393. The van der Waals surface area contributed by atoms with E-state index in [1.54, 1.807) is 0 Å². The molecular formula is C10H13BrF2N2O2S. The van der Waals surface area contributed by atoms with E-state index in [1.165, 1.54) is 0 Å². The van der Waals surface area contributed by atoms with Gasteiger partial charge >= 0.3 is 0 Å². The molecule has 0 aliphatic rings. The number of benzene rings is 1. The van der Waals surface area contributed by atoms with Gasteiger partial charge in [0.15, 0.2) is 5.82 Å². The first-order chi connectivity index (χ1) is 8.35. The second kappa shape index (κ2) is 6.44. The van der Waals surface area contributed by atoms with Crippen molar-refractivity contribution in [1.29, 1.82) is 0 Å². The highest BCUT2D eigenvalue weighted by Crippen LogP contribution is 2.27. The van der Waals surface area contributed by atoms with E-state index in [-0.39, 0.29) is 15.9 Å². The van der Waals surface area contributed by atoms with Crippen LogP contribution >= 0.6 is 15.9 Å². The van der Waals surface area contributed by atoms with Crippen molar-refractivity contribution >= 4 is 31.6 Å². The molecule has 0 aliphatic carbocycles. The standard InChI is InChI=1S/C10H13BrF2N2O2S/c11-8-5-7(12)6-9(13)10(8)15-18(16,17)4-2-1-3-14/h5-6,15H,1-4,14H2. The Morgan fingerprint density at radius 3 is 2.50 bits per heavy atom. The van der Waals surface area contributed by atoms with Crippen LogP contribution in [-0.2, 0) is 10.0 Å². The fourth-order valence-corrected chi connectivity index (χ4v) is 3.13. The van der Waals surface area contributed by atoms with Gasteiger partial charge in [0, 0.05) is 10.5 Å². The van der Waals surface area contributed by atoms with Crippen molar-refractivity contribution in [3.05, 3.63) is 28.2 Å². The highest BCUT2D eigenvalue weighted by molar-refractivity contribution is 9.10. The van der Waals surface area contributed by atoms with Crippen LogP contribution in [0.3, 0.4) is 0 Å². The Balaban J connectivity index is 2.84. The average Bonchev–Trinajstić information content (AvgIpc) is 2.23. The molecule has 0 fully saturated rings. The first-order valence-corrected chi connectivity index (χ1v) is 7.65. The second-order valence-electron chi connectivity index (χ2n) is 3.66. The van der Waals surface area contributed by atoms with E-state index < -0.39 is 21.7 Å². The Hall–Kier alpha value is -0.730. The Morgan fingerprint density at radius 1 is 1.28 bits per heavy atom. The third-order valence-electron chi connectivity index (χ3n) is 2.13. The summed E-state index contributed by atoms with van der Waals surface area (Å²) in [5.74, 6) is -1.91. The summed E-state index contributed by atoms with van der Waals surface area (Å²) in [4.78, 5) is 0. The maximum absolute atomic E-state index is 13.4. The molecule has 0 aromatic heterocycles. The van der Waals surface area contributed by atoms with E-state index in [0.717, 1.165) is 6.07 Å². The Morgan fingerprint density at radius 2 is 1.94 bits per heavy atom. The van der Waals surface area contributed by atoms with Crippen molar-refractivity contribution in [2.24, 2.45) is 5.73 Å². The predicted octanol–water partition coefficient (Wildman–Crippen LogP) is 2.21. The summed E-state index contributed by atoms with van der Waals surface area (Å²) in [6.07, 6.45) is 0.945. The van der Waals surface area contributed by atoms with Gasteiger partial charge in [-0.3, -0.25) is 4.72 Å². The third-order valence-corrected chi connectivity index (χ3v) is 4.10. The van der Waals surface area contributed by atoms with Gasteiger partial charge in [0.2, 0.25) is 10.0 Å². The molecule has 1 aromatic carbocycles. The average molecular weight is 343 g/mol. The minimum Gasteiger partial charge on any atom is -0.330 e. The number of sulfonamides is 1. The molecule has 0 saturated carbocycles. The smallest absolute Gasteiger partial charge is 0.232 e. The first kappa shape index (κ1) is 15.3. The van der Waals surface area contributed by atoms with Gasteiger partial charge < -0.3 is 5.73 Å². The zero-order chi connectivity index (χ0) is 13.8. The van der Waals surface area contributed by atoms with Gasteiger partial charge in [0.25, 0.3) is 0 Å². The van der Waals surface area contributed by atoms with Crippen LogP contribution in [-0.4, -0.2) is 20.7 Å². The van der Waals surface area contributed by atoms with Crippen molar-refractivity contribution in [3.63, 3.8) is 0 Å². The van der Waals surface area contributed by atoms with Crippen LogP contribution in [0.4, 0.5) is 14.5 Å². The van der Waals surface area contributed by atoms with E-state index >= 15 is 0 Å². The lowest BCUT2D eigenvalue weighted by molar-refractivity contribution is 0.580. The van der Waals surface area contributed by atoms with Crippen molar-refractivity contribution in [3.8, 4) is 0 Å². The maximum atomic E-state index is 13.4. The molecule has 8 heteroatoms. The molecule has 1 aromatic rings. The summed E-state index contributed by atoms with van der Waals surface area (Å²) in [6, 6.07) is 1.60. The fourth-order valence-electron chi connectivity index (χ4n) is 1.28. The van der Waals surface area contributed by atoms with Crippen molar-refractivity contribution in [2.75, 3.05) is 17.0 Å². The van der Waals surface area contributed by atoms with Gasteiger partial charge in [-0.15, -0.1) is 0 Å². The summed E-state index contributed by atoms with van der Waals surface area (Å²) >= 11 is 2.91. The molecule has 102 valence electrons. The number of nitrogens with two attached hydrogens (primary N) is 1. The number of halogens is 3. The second-order valence-corrected chi connectivity index (χ2v) is 6.36. The van der Waals surface area contributed by atoms with Crippen LogP contribution in [0.5, 0.6) is 0 Å². The zero-order valence-electron chi connectivity index (χ0n) is 9.42. The van der Waals surface area contributed by atoms with E-state index in [1.807, 2.05) is 0 Å². The zero-order valence-corrected chi connectivity index (χ0v) is 11.8. The summed E-state index contributed by atoms with van der Waals surface area (Å²) in [5.41, 5.74) is 4.96. The summed E-state index contributed by atoms with van der Waals surface area (Å²) < 4.78 is 51.6. The van der Waals surface area contributed by atoms with E-state index in [4.69, 9.17) is 5.73 Å². The third kappa shape index (κ3) is 4.51. The molecule has 3 N–H and O–H groups in total. The predicted molar refractivity (Wildman–Crippen MR) is 69.8 cm³/mol. The monoisotopic (exact) mass is 342 g/mol. The Bertz CT molecular complexity index is 500. The number of hydrogen-bond acceptors (Lipinski definition) is 3. The van der Waals surface area contributed by atoms with Crippen molar-refractivity contribution in [2.45, 2.75) is 12.8 Å². The quantitative estimate of drug-likeness (QED) is 0.778. The largest absolute Gasteiger partial charge is 0.330 e. The summed E-state index contributed by atoms with van der Waals surface area (Å²) in [5, 5.41) is 0. The molecule has 0 amide bonds. The number of unbranched alkanes of at least 4 members (excludes halogenated alkanes) is 1. The summed E-state index contributed by atoms with van der Waals surface area (Å²) in [7, 11) is -3.66. The van der Waals surface area contributed by atoms with Crippen molar-refractivity contribution in [1.82, 2.24) is 0 Å². The molecule has 0 heterocycles. The molecular weight excluding hydrogens is 330 g/mol. The number of anilines is 1. The molecule has 0 atom stereocenters. The molecule has 4 nitrogen and oxygen atoms in total. The molecule has 0 radical (unpaired) electrons. The van der Waals surface area contributed by atoms with Crippen LogP contribution < -0.4 is 10.5 Å². The number of hydrogen-bond donors (Lipinski definition) is 2. The first-order valence-electron chi connectivity index (χ1n) is 5.21.